The number of aryl methyl sites for hydroxylation is 1. The predicted molar refractivity (Wildman–Crippen MR) is 223 cm³/mol. The number of benzene rings is 4. The molecule has 0 amide bonds. The molecule has 9 rings (SSSR count). The van der Waals surface area contributed by atoms with E-state index in [1.165, 1.54) is 27.6 Å². The molecule has 0 saturated carbocycles. The molecule has 7 heteroatoms. The molecule has 4 aromatic carbocycles. The molecule has 0 aliphatic heterocycles. The second-order valence-electron chi connectivity index (χ2n) is 18.0. The zero-order valence-corrected chi connectivity index (χ0v) is 36.0. The number of nitrogens with zero attached hydrogens (tertiary/aromatic N) is 5. The van der Waals surface area contributed by atoms with Crippen molar-refractivity contribution in [3.8, 4) is 28.7 Å². The van der Waals surface area contributed by atoms with E-state index in [9.17, 15) is 0 Å². The van der Waals surface area contributed by atoms with Crippen LogP contribution in [0.15, 0.2) is 104 Å². The van der Waals surface area contributed by atoms with Crippen LogP contribution in [0.25, 0.3) is 50.0 Å². The van der Waals surface area contributed by atoms with Crippen LogP contribution >= 0.6 is 0 Å². The molecule has 0 bridgehead atoms. The van der Waals surface area contributed by atoms with Gasteiger partial charge in [-0.2, -0.15) is 0 Å². The number of hydrogen-bond donors (Lipinski definition) is 0. The fraction of sp³-hybridized carbons (Fsp3) is 0.286. The van der Waals surface area contributed by atoms with Gasteiger partial charge in [0.2, 0.25) is 0 Å². The van der Waals surface area contributed by atoms with Crippen LogP contribution in [0.1, 0.15) is 84.6 Å². The molecule has 0 N–H and O–H groups in total. The van der Waals surface area contributed by atoms with E-state index in [1.54, 1.807) is 6.20 Å². The van der Waals surface area contributed by atoms with Crippen molar-refractivity contribution < 1.29 is 24.1 Å². The molecule has 1 aliphatic rings. The van der Waals surface area contributed by atoms with Crippen LogP contribution in [0.5, 0.6) is 11.5 Å². The summed E-state index contributed by atoms with van der Waals surface area (Å²) in [5.41, 5.74) is 11.2. The van der Waals surface area contributed by atoms with E-state index in [0.29, 0.717) is 11.5 Å². The van der Waals surface area contributed by atoms with Gasteiger partial charge in [0, 0.05) is 6.20 Å². The van der Waals surface area contributed by atoms with Crippen LogP contribution in [-0.2, 0) is 35.6 Å². The molecule has 0 atom stereocenters. The van der Waals surface area contributed by atoms with Gasteiger partial charge >= 0.3 is 228 Å². The normalized spacial score (nSPS) is 15.9. The number of aromatic nitrogens is 5. The van der Waals surface area contributed by atoms with Gasteiger partial charge < -0.3 is 0 Å². The molecule has 1 aliphatic carbocycles. The molecule has 0 unspecified atom stereocenters. The van der Waals surface area contributed by atoms with Gasteiger partial charge in [-0.15, -0.1) is 0 Å². The molecule has 0 radical (unpaired) electrons. The standard InChI is InChI=1S/C49H47N5O.Pt/c1-31-15-17-33(18-16-31)52-30-53(40-14-12-11-13-39(40)52)34-26-36(29-50-28-34)55-35-19-20-37-42(27-35)54(43-25-32(23-24-51-43)46(2,3)4)41-22-21-38-45(44(37)41)48(7,8)49(9,10)47(38,5)6;/h11-25,28-29H,1-10H3;/q-2;. The van der Waals surface area contributed by atoms with Crippen molar-refractivity contribution in [3.63, 3.8) is 0 Å². The third-order valence-electron chi connectivity index (χ3n) is 13.2. The molecular weight excluding hydrogens is 870 g/mol. The average Bonchev–Trinajstić information content (AvgIpc) is 3.68. The Morgan fingerprint density at radius 3 is 2.14 bits per heavy atom. The van der Waals surface area contributed by atoms with Crippen molar-refractivity contribution in [3.05, 3.63) is 142 Å². The zero-order chi connectivity index (χ0) is 39.5. The van der Waals surface area contributed by atoms with Crippen LogP contribution < -0.4 is 4.74 Å². The molecular formula is C49H47N5OPt-2. The summed E-state index contributed by atoms with van der Waals surface area (Å²) >= 11 is 2.40. The number of pyridine rings is 2. The van der Waals surface area contributed by atoms with Crippen molar-refractivity contribution >= 4 is 32.8 Å². The molecule has 0 spiro atoms. The zero-order valence-electron chi connectivity index (χ0n) is 33.8. The van der Waals surface area contributed by atoms with E-state index in [2.05, 4.69) is 198 Å². The average molecular weight is 917 g/mol. The van der Waals surface area contributed by atoms with Crippen molar-refractivity contribution in [2.75, 3.05) is 0 Å². The van der Waals surface area contributed by atoms with E-state index in [1.807, 2.05) is 18.5 Å². The summed E-state index contributed by atoms with van der Waals surface area (Å²) in [6.07, 6.45) is 5.49. The first-order valence-corrected chi connectivity index (χ1v) is 20.5. The Hall–Kier alpha value is -5.06. The Morgan fingerprint density at radius 1 is 0.714 bits per heavy atom. The summed E-state index contributed by atoms with van der Waals surface area (Å²) in [4.78, 5) is 9.64. The molecule has 0 fully saturated rings. The Bertz CT molecular complexity index is 2930. The Kier molecular flexibility index (Phi) is 8.14. The fourth-order valence-corrected chi connectivity index (χ4v) is 9.96. The summed E-state index contributed by atoms with van der Waals surface area (Å²) < 4.78 is 14.4. The van der Waals surface area contributed by atoms with Crippen LogP contribution in [-0.4, -0.2) is 23.7 Å². The molecule has 4 aromatic heterocycles. The summed E-state index contributed by atoms with van der Waals surface area (Å²) in [6.45, 7) is 23.3. The first-order valence-electron chi connectivity index (χ1n) is 19.3. The number of hydrogen-bond acceptors (Lipinski definition) is 3. The van der Waals surface area contributed by atoms with Gasteiger partial charge in [-0.05, 0) is 38.9 Å². The summed E-state index contributed by atoms with van der Waals surface area (Å²) in [6, 6.07) is 37.5. The Morgan fingerprint density at radius 2 is 1.43 bits per heavy atom. The summed E-state index contributed by atoms with van der Waals surface area (Å²) in [5, 5.41) is 2.40. The molecule has 56 heavy (non-hydrogen) atoms. The van der Waals surface area contributed by atoms with Gasteiger partial charge in [-0.3, -0.25) is 0 Å². The molecule has 8 aromatic rings. The number of fused-ring (bicyclic) bond motifs is 6. The van der Waals surface area contributed by atoms with Crippen LogP contribution in [0, 0.1) is 28.3 Å². The van der Waals surface area contributed by atoms with E-state index in [4.69, 9.17) is 9.72 Å². The second-order valence-corrected chi connectivity index (χ2v) is 19.0. The Balaban J connectivity index is 1.21. The minimum absolute atomic E-state index is 0.0123. The molecule has 286 valence electrons. The fourth-order valence-electron chi connectivity index (χ4n) is 8.85. The maximum atomic E-state index is 6.64. The molecule has 6 nitrogen and oxygen atoms in total. The minimum atomic E-state index is -0.0980. The van der Waals surface area contributed by atoms with E-state index < -0.39 is 0 Å². The SMILES string of the molecule is Cc1ccc(-n2[c](=[Pt])n(-c3[c-]c(Oc4[c-]c5c(cc4)c4c6c(ccc4n5-c4cc(C(C)(C)C)ccn4)C(C)(C)C(C)(C)C6(C)C)cnc3)c3ccccc32)cc1. The van der Waals surface area contributed by atoms with Crippen molar-refractivity contribution in [1.82, 2.24) is 23.7 Å². The third kappa shape index (κ3) is 5.28. The van der Waals surface area contributed by atoms with Gasteiger partial charge in [-0.1, -0.05) is 68.4 Å². The first kappa shape index (κ1) is 36.6. The van der Waals surface area contributed by atoms with E-state index in [-0.39, 0.29) is 21.7 Å². The van der Waals surface area contributed by atoms with Gasteiger partial charge in [-0.25, -0.2) is 0 Å². The number of imidazole rings is 1. The summed E-state index contributed by atoms with van der Waals surface area (Å²) in [7, 11) is 0. The van der Waals surface area contributed by atoms with E-state index in [0.717, 1.165) is 48.5 Å². The van der Waals surface area contributed by atoms with Gasteiger partial charge in [0.15, 0.2) is 0 Å². The van der Waals surface area contributed by atoms with Crippen molar-refractivity contribution in [1.29, 1.82) is 0 Å². The molecule has 0 saturated heterocycles. The third-order valence-corrected chi connectivity index (χ3v) is 14.2. The van der Waals surface area contributed by atoms with Crippen LogP contribution in [0.4, 0.5) is 0 Å². The van der Waals surface area contributed by atoms with Crippen LogP contribution in [0.2, 0.25) is 0 Å². The Labute approximate surface area is 340 Å². The predicted octanol–water partition coefficient (Wildman–Crippen LogP) is 12.0. The first-order chi connectivity index (χ1) is 26.5. The van der Waals surface area contributed by atoms with Gasteiger partial charge in [0.1, 0.15) is 0 Å². The quantitative estimate of drug-likeness (QED) is 0.162. The maximum absolute atomic E-state index is 6.64. The topological polar surface area (TPSA) is 49.8 Å². The monoisotopic (exact) mass is 916 g/mol. The van der Waals surface area contributed by atoms with Crippen molar-refractivity contribution in [2.24, 2.45) is 5.41 Å². The van der Waals surface area contributed by atoms with Crippen LogP contribution in [0.3, 0.4) is 0 Å². The second kappa shape index (κ2) is 12.5. The van der Waals surface area contributed by atoms with Gasteiger partial charge in [0.25, 0.3) is 0 Å². The summed E-state index contributed by atoms with van der Waals surface area (Å²) in [5.74, 6) is 1.96. The number of rotatable bonds is 5. The number of para-hydroxylation sites is 2. The molecule has 4 heterocycles. The van der Waals surface area contributed by atoms with Crippen molar-refractivity contribution in [2.45, 2.75) is 85.5 Å². The number of ether oxygens (including phenoxy) is 1. The van der Waals surface area contributed by atoms with E-state index >= 15 is 0 Å². The van der Waals surface area contributed by atoms with Gasteiger partial charge in [0.05, 0.1) is 0 Å².